The first-order chi connectivity index (χ1) is 15.1. The van der Waals surface area contributed by atoms with Crippen LogP contribution in [0.1, 0.15) is 11.1 Å². The van der Waals surface area contributed by atoms with Gasteiger partial charge in [-0.2, -0.15) is 0 Å². The van der Waals surface area contributed by atoms with Crippen molar-refractivity contribution in [1.29, 1.82) is 0 Å². The average Bonchev–Trinajstić information content (AvgIpc) is 2.74. The Hall–Kier alpha value is -2.82. The Bertz CT molecular complexity index is 1320. The van der Waals surface area contributed by atoms with Gasteiger partial charge in [0.25, 0.3) is 5.56 Å². The summed E-state index contributed by atoms with van der Waals surface area (Å²) in [5.74, 6) is 0.0138. The molecule has 0 saturated heterocycles. The van der Waals surface area contributed by atoms with Crippen LogP contribution in [0.15, 0.2) is 62.3 Å². The number of aromatic nitrogens is 2. The molecule has 1 amide bonds. The average molecular weight is 494 g/mol. The monoisotopic (exact) mass is 493 g/mol. The summed E-state index contributed by atoms with van der Waals surface area (Å²) in [4.78, 5) is 30.5. The lowest BCUT2D eigenvalue weighted by atomic mass is 10.1. The van der Waals surface area contributed by atoms with E-state index in [0.29, 0.717) is 5.75 Å². The highest BCUT2D eigenvalue weighted by Gasteiger charge is 2.23. The van der Waals surface area contributed by atoms with E-state index in [4.69, 9.17) is 16.3 Å². The molecule has 0 radical (unpaired) electrons. The van der Waals surface area contributed by atoms with E-state index in [1.54, 1.807) is 0 Å². The van der Waals surface area contributed by atoms with E-state index in [1.807, 2.05) is 32.0 Å². The third kappa shape index (κ3) is 5.14. The number of thioether (sulfide) groups is 1. The number of halogens is 1. The van der Waals surface area contributed by atoms with Crippen LogP contribution in [0, 0.1) is 13.8 Å². The summed E-state index contributed by atoms with van der Waals surface area (Å²) in [5, 5.41) is 3.06. The van der Waals surface area contributed by atoms with Crippen molar-refractivity contribution in [2.75, 3.05) is 18.2 Å². The number of carbonyl (C=O) groups excluding carboxylic acids is 1. The van der Waals surface area contributed by atoms with Gasteiger partial charge in [0.15, 0.2) is 10.1 Å². The molecule has 0 aliphatic rings. The fourth-order valence-electron chi connectivity index (χ4n) is 2.89. The van der Waals surface area contributed by atoms with Crippen molar-refractivity contribution in [2.45, 2.75) is 28.8 Å². The first-order valence-electron chi connectivity index (χ1n) is 9.30. The fourth-order valence-corrected chi connectivity index (χ4v) is 5.11. The van der Waals surface area contributed by atoms with Crippen molar-refractivity contribution in [2.24, 2.45) is 0 Å². The van der Waals surface area contributed by atoms with Gasteiger partial charge in [-0.3, -0.25) is 9.59 Å². The number of aryl methyl sites for hydroxylation is 2. The number of nitrogens with one attached hydrogen (secondary N) is 2. The van der Waals surface area contributed by atoms with Gasteiger partial charge in [0.05, 0.1) is 29.0 Å². The maximum atomic E-state index is 12.8. The largest absolute Gasteiger partial charge is 0.495 e. The Balaban J connectivity index is 1.74. The van der Waals surface area contributed by atoms with Gasteiger partial charge in [-0.1, -0.05) is 41.6 Å². The van der Waals surface area contributed by atoms with Gasteiger partial charge in [0.2, 0.25) is 15.7 Å². The predicted octanol–water partition coefficient (Wildman–Crippen LogP) is 3.61. The predicted molar refractivity (Wildman–Crippen MR) is 124 cm³/mol. The summed E-state index contributed by atoms with van der Waals surface area (Å²) in [6, 6.07) is 9.58. The van der Waals surface area contributed by atoms with Gasteiger partial charge in [0, 0.05) is 5.69 Å². The Labute approximate surface area is 194 Å². The highest BCUT2D eigenvalue weighted by Crippen LogP contribution is 2.29. The van der Waals surface area contributed by atoms with Gasteiger partial charge < -0.3 is 15.0 Å². The molecule has 0 spiro atoms. The third-order valence-corrected chi connectivity index (χ3v) is 7.48. The summed E-state index contributed by atoms with van der Waals surface area (Å²) in [5.41, 5.74) is 1.76. The zero-order valence-electron chi connectivity index (χ0n) is 17.4. The molecule has 1 aromatic heterocycles. The van der Waals surface area contributed by atoms with E-state index < -0.39 is 20.3 Å². The number of amides is 1. The number of aromatic amines is 1. The van der Waals surface area contributed by atoms with Gasteiger partial charge in [-0.05, 0) is 43.2 Å². The Morgan fingerprint density at radius 3 is 2.50 bits per heavy atom. The highest BCUT2D eigenvalue weighted by molar-refractivity contribution is 7.99. The molecule has 0 aliphatic heterocycles. The highest BCUT2D eigenvalue weighted by atomic mass is 35.5. The van der Waals surface area contributed by atoms with Crippen molar-refractivity contribution in [3.63, 3.8) is 0 Å². The summed E-state index contributed by atoms with van der Waals surface area (Å²) in [6.07, 6.45) is 0.970. The van der Waals surface area contributed by atoms with Crippen LogP contribution < -0.4 is 15.6 Å². The third-order valence-electron chi connectivity index (χ3n) is 4.55. The molecular weight excluding hydrogens is 474 g/mol. The lowest BCUT2D eigenvalue weighted by Crippen LogP contribution is -2.20. The van der Waals surface area contributed by atoms with E-state index in [0.717, 1.165) is 34.8 Å². The van der Waals surface area contributed by atoms with Crippen molar-refractivity contribution < 1.29 is 17.9 Å². The number of rotatable bonds is 7. The molecule has 0 atom stereocenters. The van der Waals surface area contributed by atoms with Crippen LogP contribution in [0.2, 0.25) is 5.02 Å². The van der Waals surface area contributed by atoms with Gasteiger partial charge >= 0.3 is 0 Å². The Morgan fingerprint density at radius 1 is 1.22 bits per heavy atom. The van der Waals surface area contributed by atoms with Crippen LogP contribution >= 0.6 is 23.4 Å². The molecule has 32 heavy (non-hydrogen) atoms. The lowest BCUT2D eigenvalue weighted by Gasteiger charge is -2.11. The number of methoxy groups -OCH3 is 1. The van der Waals surface area contributed by atoms with Crippen LogP contribution in [0.3, 0.4) is 0 Å². The molecule has 0 bridgehead atoms. The van der Waals surface area contributed by atoms with Gasteiger partial charge in [-0.25, -0.2) is 13.4 Å². The van der Waals surface area contributed by atoms with Crippen LogP contribution in [0.4, 0.5) is 5.69 Å². The molecule has 0 unspecified atom stereocenters. The minimum Gasteiger partial charge on any atom is -0.495 e. The number of ether oxygens (including phenoxy) is 1. The maximum absolute atomic E-state index is 12.8. The number of sulfone groups is 1. The zero-order chi connectivity index (χ0) is 23.5. The summed E-state index contributed by atoms with van der Waals surface area (Å²) in [6.45, 7) is 3.79. The number of carbonyl (C=O) groups is 1. The Morgan fingerprint density at radius 2 is 1.91 bits per heavy atom. The normalized spacial score (nSPS) is 11.2. The second-order valence-corrected chi connectivity index (χ2v) is 10.1. The van der Waals surface area contributed by atoms with Gasteiger partial charge in [-0.15, -0.1) is 0 Å². The van der Waals surface area contributed by atoms with Crippen LogP contribution in [0.25, 0.3) is 0 Å². The number of nitrogens with zero attached hydrogens (tertiary/aromatic N) is 1. The minimum absolute atomic E-state index is 0.0170. The summed E-state index contributed by atoms with van der Waals surface area (Å²) in [7, 11) is -2.74. The smallest absolute Gasteiger partial charge is 0.270 e. The molecule has 2 aromatic carbocycles. The number of hydrogen-bond acceptors (Lipinski definition) is 7. The topological polar surface area (TPSA) is 118 Å². The zero-order valence-corrected chi connectivity index (χ0v) is 19.8. The maximum Gasteiger partial charge on any atom is 0.270 e. The SMILES string of the molecule is COc1ccc(S(=O)(=O)c2cnc(SCC(=O)Nc3c(C)cccc3C)[nH]c2=O)cc1Cl. The molecule has 0 aliphatic carbocycles. The molecule has 8 nitrogen and oxygen atoms in total. The molecule has 168 valence electrons. The van der Waals surface area contributed by atoms with E-state index in [-0.39, 0.29) is 26.7 Å². The van der Waals surface area contributed by atoms with E-state index in [2.05, 4.69) is 15.3 Å². The van der Waals surface area contributed by atoms with Crippen LogP contribution in [-0.4, -0.2) is 37.2 Å². The quantitative estimate of drug-likeness (QED) is 0.381. The Kier molecular flexibility index (Phi) is 7.27. The van der Waals surface area contributed by atoms with E-state index in [1.165, 1.54) is 25.3 Å². The summed E-state index contributed by atoms with van der Waals surface area (Å²) >= 11 is 6.99. The minimum atomic E-state index is -4.15. The fraction of sp³-hybridized carbons (Fsp3) is 0.190. The number of benzene rings is 2. The molecule has 11 heteroatoms. The molecule has 3 rings (SSSR count). The number of H-pyrrole nitrogens is 1. The summed E-state index contributed by atoms with van der Waals surface area (Å²) < 4.78 is 30.7. The standard InChI is InChI=1S/C21H20ClN3O5S2/c1-12-5-4-6-13(2)19(12)24-18(26)11-31-21-23-10-17(20(27)25-21)32(28,29)14-7-8-16(30-3)15(22)9-14/h4-10H,11H2,1-3H3,(H,24,26)(H,23,25,27). The second-order valence-electron chi connectivity index (χ2n) is 6.79. The lowest BCUT2D eigenvalue weighted by molar-refractivity contribution is -0.113. The second kappa shape index (κ2) is 9.76. The van der Waals surface area contributed by atoms with Crippen molar-refractivity contribution in [1.82, 2.24) is 9.97 Å². The van der Waals surface area contributed by atoms with Crippen LogP contribution in [0.5, 0.6) is 5.75 Å². The van der Waals surface area contributed by atoms with Gasteiger partial charge in [0.1, 0.15) is 5.75 Å². The molecule has 0 fully saturated rings. The number of para-hydroxylation sites is 1. The van der Waals surface area contributed by atoms with Crippen LogP contribution in [-0.2, 0) is 14.6 Å². The van der Waals surface area contributed by atoms with E-state index >= 15 is 0 Å². The molecule has 1 heterocycles. The van der Waals surface area contributed by atoms with Crippen molar-refractivity contribution >= 4 is 44.8 Å². The first-order valence-corrected chi connectivity index (χ1v) is 12.1. The van der Waals surface area contributed by atoms with Crippen molar-refractivity contribution in [3.8, 4) is 5.75 Å². The number of hydrogen-bond donors (Lipinski definition) is 2. The number of anilines is 1. The molecule has 0 saturated carbocycles. The first kappa shape index (κ1) is 23.8. The molecule has 2 N–H and O–H groups in total. The molecular formula is C21H20ClN3O5S2. The van der Waals surface area contributed by atoms with E-state index in [9.17, 15) is 18.0 Å². The molecule has 3 aromatic rings. The van der Waals surface area contributed by atoms with Crippen molar-refractivity contribution in [3.05, 3.63) is 69.1 Å².